The van der Waals surface area contributed by atoms with Gasteiger partial charge in [-0.1, -0.05) is 0 Å². The van der Waals surface area contributed by atoms with Gasteiger partial charge in [0.05, 0.1) is 17.1 Å². The number of hydrogen-bond donors (Lipinski definition) is 2. The lowest BCUT2D eigenvalue weighted by molar-refractivity contribution is -0.0880. The van der Waals surface area contributed by atoms with Crippen LogP contribution >= 0.6 is 11.3 Å². The van der Waals surface area contributed by atoms with E-state index in [4.69, 9.17) is 10.6 Å². The van der Waals surface area contributed by atoms with E-state index in [0.717, 1.165) is 26.2 Å². The van der Waals surface area contributed by atoms with E-state index in [2.05, 4.69) is 24.2 Å². The first kappa shape index (κ1) is 13.5. The Balaban J connectivity index is 1.97. The predicted molar refractivity (Wildman–Crippen MR) is 71.3 cm³/mol. The average molecular weight is 269 g/mol. The second kappa shape index (κ2) is 5.36. The normalized spacial score (nSPS) is 19.7. The molecule has 100 valence electrons. The van der Waals surface area contributed by atoms with Crippen molar-refractivity contribution in [1.29, 1.82) is 0 Å². The molecule has 1 saturated heterocycles. The number of nitrogens with two attached hydrogens (primary N) is 1. The van der Waals surface area contributed by atoms with Gasteiger partial charge in [-0.3, -0.25) is 15.1 Å². The van der Waals surface area contributed by atoms with Crippen LogP contribution in [0.5, 0.6) is 0 Å². The largest absolute Gasteiger partial charge is 0.373 e. The number of carbonyl (C=O) groups excluding carboxylic acids is 1. The molecule has 1 amide bonds. The minimum atomic E-state index is -0.228. The lowest BCUT2D eigenvalue weighted by atomic mass is 10.1. The van der Waals surface area contributed by atoms with Crippen molar-refractivity contribution in [1.82, 2.24) is 10.3 Å². The number of rotatable bonds is 3. The summed E-state index contributed by atoms with van der Waals surface area (Å²) < 4.78 is 5.68. The highest BCUT2D eigenvalue weighted by atomic mass is 32.1. The van der Waals surface area contributed by atoms with Crippen molar-refractivity contribution in [3.63, 3.8) is 0 Å². The molecule has 1 aliphatic heterocycles. The van der Waals surface area contributed by atoms with Crippen LogP contribution in [0.1, 0.15) is 28.4 Å². The topological polar surface area (TPSA) is 67.6 Å². The SMILES string of the molecule is CC1(C)CN(Cc2ccc(C(=O)NN)s2)CCO1. The highest BCUT2D eigenvalue weighted by Crippen LogP contribution is 2.22. The molecule has 1 aromatic heterocycles. The molecule has 0 aliphatic carbocycles. The van der Waals surface area contributed by atoms with E-state index in [1.165, 1.54) is 16.2 Å². The van der Waals surface area contributed by atoms with Crippen molar-refractivity contribution in [3.05, 3.63) is 21.9 Å². The fourth-order valence-electron chi connectivity index (χ4n) is 2.13. The van der Waals surface area contributed by atoms with E-state index in [1.54, 1.807) is 0 Å². The molecule has 18 heavy (non-hydrogen) atoms. The molecule has 0 aromatic carbocycles. The molecule has 1 fully saturated rings. The molecule has 2 heterocycles. The predicted octanol–water partition coefficient (Wildman–Crippen LogP) is 0.962. The summed E-state index contributed by atoms with van der Waals surface area (Å²) >= 11 is 1.48. The Labute approximate surface area is 111 Å². The number of nitrogens with one attached hydrogen (secondary N) is 1. The van der Waals surface area contributed by atoms with Crippen molar-refractivity contribution >= 4 is 17.2 Å². The maximum Gasteiger partial charge on any atom is 0.275 e. The molecule has 3 N–H and O–H groups in total. The van der Waals surface area contributed by atoms with E-state index in [-0.39, 0.29) is 11.5 Å². The second-order valence-corrected chi connectivity index (χ2v) is 6.23. The lowest BCUT2D eigenvalue weighted by Gasteiger charge is -2.37. The number of hydrogen-bond acceptors (Lipinski definition) is 5. The third-order valence-electron chi connectivity index (χ3n) is 2.90. The molecule has 0 atom stereocenters. The number of hydrazine groups is 1. The summed E-state index contributed by atoms with van der Waals surface area (Å²) in [4.78, 5) is 15.5. The zero-order chi connectivity index (χ0) is 13.2. The van der Waals surface area contributed by atoms with Crippen LogP contribution in [-0.4, -0.2) is 36.1 Å². The van der Waals surface area contributed by atoms with E-state index < -0.39 is 0 Å². The summed E-state index contributed by atoms with van der Waals surface area (Å²) in [5.41, 5.74) is 2.06. The molecule has 0 bridgehead atoms. The number of nitrogens with zero attached hydrogens (tertiary/aromatic N) is 1. The third kappa shape index (κ3) is 3.29. The second-order valence-electron chi connectivity index (χ2n) is 5.06. The van der Waals surface area contributed by atoms with Gasteiger partial charge in [0.25, 0.3) is 5.91 Å². The highest BCUT2D eigenvalue weighted by Gasteiger charge is 2.27. The van der Waals surface area contributed by atoms with Crippen LogP contribution in [0.25, 0.3) is 0 Å². The summed E-state index contributed by atoms with van der Waals surface area (Å²) in [7, 11) is 0. The number of morpholine rings is 1. The summed E-state index contributed by atoms with van der Waals surface area (Å²) in [6.45, 7) is 7.65. The van der Waals surface area contributed by atoms with E-state index in [9.17, 15) is 4.79 Å². The van der Waals surface area contributed by atoms with E-state index in [0.29, 0.717) is 4.88 Å². The Bertz CT molecular complexity index is 431. The molecule has 0 saturated carbocycles. The van der Waals surface area contributed by atoms with Crippen LogP contribution < -0.4 is 11.3 Å². The van der Waals surface area contributed by atoms with Crippen molar-refractivity contribution in [3.8, 4) is 0 Å². The number of nitrogen functional groups attached to an aromatic ring is 1. The van der Waals surface area contributed by atoms with Crippen molar-refractivity contribution < 1.29 is 9.53 Å². The van der Waals surface area contributed by atoms with Crippen LogP contribution in [0.4, 0.5) is 0 Å². The smallest absolute Gasteiger partial charge is 0.275 e. The van der Waals surface area contributed by atoms with Crippen molar-refractivity contribution in [2.24, 2.45) is 5.84 Å². The van der Waals surface area contributed by atoms with Gasteiger partial charge in [0.1, 0.15) is 0 Å². The Hall–Kier alpha value is -0.950. The Morgan fingerprint density at radius 1 is 1.61 bits per heavy atom. The first-order chi connectivity index (χ1) is 8.50. The van der Waals surface area contributed by atoms with Crippen LogP contribution in [0.3, 0.4) is 0 Å². The van der Waals surface area contributed by atoms with Gasteiger partial charge in [0.15, 0.2) is 0 Å². The van der Waals surface area contributed by atoms with Gasteiger partial charge in [-0.25, -0.2) is 5.84 Å². The fourth-order valence-corrected chi connectivity index (χ4v) is 3.08. The minimum absolute atomic E-state index is 0.0903. The molecule has 5 nitrogen and oxygen atoms in total. The minimum Gasteiger partial charge on any atom is -0.373 e. The number of amides is 1. The first-order valence-corrected chi connectivity index (χ1v) is 6.78. The summed E-state index contributed by atoms with van der Waals surface area (Å²) in [5, 5.41) is 0. The van der Waals surface area contributed by atoms with E-state index >= 15 is 0 Å². The van der Waals surface area contributed by atoms with Gasteiger partial charge in [-0.2, -0.15) is 0 Å². The quantitative estimate of drug-likeness (QED) is 0.487. The van der Waals surface area contributed by atoms with Gasteiger partial charge in [0, 0.05) is 24.5 Å². The third-order valence-corrected chi connectivity index (χ3v) is 3.97. The Morgan fingerprint density at radius 3 is 3.06 bits per heavy atom. The zero-order valence-electron chi connectivity index (χ0n) is 10.7. The van der Waals surface area contributed by atoms with Crippen molar-refractivity contribution in [2.45, 2.75) is 26.0 Å². The number of thiophene rings is 1. The molecule has 0 spiro atoms. The summed E-state index contributed by atoms with van der Waals surface area (Å²) in [5.74, 6) is 4.89. The average Bonchev–Trinajstić information content (AvgIpc) is 2.75. The Morgan fingerprint density at radius 2 is 2.39 bits per heavy atom. The van der Waals surface area contributed by atoms with Gasteiger partial charge < -0.3 is 4.74 Å². The van der Waals surface area contributed by atoms with Gasteiger partial charge in [0.2, 0.25) is 0 Å². The molecule has 2 rings (SSSR count). The maximum atomic E-state index is 11.4. The number of carbonyl (C=O) groups is 1. The van der Waals surface area contributed by atoms with Crippen LogP contribution in [-0.2, 0) is 11.3 Å². The zero-order valence-corrected chi connectivity index (χ0v) is 11.5. The summed E-state index contributed by atoms with van der Waals surface area (Å²) in [6, 6.07) is 3.80. The first-order valence-electron chi connectivity index (χ1n) is 5.96. The maximum absolute atomic E-state index is 11.4. The molecule has 0 unspecified atom stereocenters. The molecular weight excluding hydrogens is 250 g/mol. The molecule has 6 heteroatoms. The van der Waals surface area contributed by atoms with Gasteiger partial charge >= 0.3 is 0 Å². The molecule has 1 aliphatic rings. The fraction of sp³-hybridized carbons (Fsp3) is 0.583. The highest BCUT2D eigenvalue weighted by molar-refractivity contribution is 7.14. The van der Waals surface area contributed by atoms with Gasteiger partial charge in [-0.15, -0.1) is 11.3 Å². The van der Waals surface area contributed by atoms with Gasteiger partial charge in [-0.05, 0) is 26.0 Å². The van der Waals surface area contributed by atoms with Crippen LogP contribution in [0.2, 0.25) is 0 Å². The van der Waals surface area contributed by atoms with Crippen LogP contribution in [0.15, 0.2) is 12.1 Å². The molecular formula is C12H19N3O2S. The molecule has 1 aromatic rings. The number of ether oxygens (including phenoxy) is 1. The van der Waals surface area contributed by atoms with E-state index in [1.807, 2.05) is 12.1 Å². The van der Waals surface area contributed by atoms with Crippen molar-refractivity contribution in [2.75, 3.05) is 19.7 Å². The lowest BCUT2D eigenvalue weighted by Crippen LogP contribution is -2.47. The molecule has 0 radical (unpaired) electrons. The Kier molecular flexibility index (Phi) is 4.01. The monoisotopic (exact) mass is 269 g/mol. The standard InChI is InChI=1S/C12H19N3O2S/c1-12(2)8-15(5-6-17-12)7-9-3-4-10(18-9)11(16)14-13/h3-4H,5-8,13H2,1-2H3,(H,14,16). The summed E-state index contributed by atoms with van der Waals surface area (Å²) in [6.07, 6.45) is 0. The van der Waals surface area contributed by atoms with Crippen LogP contribution in [0, 0.1) is 0 Å².